The number of fused-ring (bicyclic) bond motifs is 1. The normalized spacial score (nSPS) is 18.1. The minimum atomic E-state index is -0.287. The molecular weight excluding hydrogens is 230 g/mol. The molecule has 0 aliphatic heterocycles. The first-order valence-electron chi connectivity index (χ1n) is 5.97. The molecule has 92 valence electrons. The van der Waals surface area contributed by atoms with Crippen molar-refractivity contribution in [2.75, 3.05) is 0 Å². The number of nitrogens with one attached hydrogen (secondary N) is 2. The van der Waals surface area contributed by atoms with Crippen LogP contribution in [0.25, 0.3) is 0 Å². The maximum absolute atomic E-state index is 11.9. The minimum Gasteiger partial charge on any atom is -0.342 e. The number of carbonyl (C=O) groups excluding carboxylic acids is 1. The van der Waals surface area contributed by atoms with Crippen molar-refractivity contribution >= 4 is 5.91 Å². The van der Waals surface area contributed by atoms with E-state index in [9.17, 15) is 4.79 Å². The standard InChI is InChI=1S/C12H13N5O/c18-12(11-14-16-17-15-11)13-10-7-3-5-8-4-1-2-6-9(8)10/h1-2,4,6,10H,3,5,7H2,(H,13,18)(H,14,15,16,17). The van der Waals surface area contributed by atoms with Crippen molar-refractivity contribution in [1.29, 1.82) is 0 Å². The van der Waals surface area contributed by atoms with Gasteiger partial charge < -0.3 is 5.32 Å². The van der Waals surface area contributed by atoms with Gasteiger partial charge in [0, 0.05) is 0 Å². The summed E-state index contributed by atoms with van der Waals surface area (Å²) in [5.41, 5.74) is 2.50. The van der Waals surface area contributed by atoms with E-state index in [2.05, 4.69) is 38.1 Å². The highest BCUT2D eigenvalue weighted by Gasteiger charge is 2.23. The topological polar surface area (TPSA) is 83.6 Å². The van der Waals surface area contributed by atoms with Crippen LogP contribution < -0.4 is 5.32 Å². The minimum absolute atomic E-state index is 0.0425. The molecule has 1 aromatic heterocycles. The summed E-state index contributed by atoms with van der Waals surface area (Å²) in [7, 11) is 0. The van der Waals surface area contributed by atoms with E-state index in [-0.39, 0.29) is 17.8 Å². The average Bonchev–Trinajstić information content (AvgIpc) is 2.93. The molecule has 1 heterocycles. The van der Waals surface area contributed by atoms with Crippen molar-refractivity contribution < 1.29 is 4.79 Å². The monoisotopic (exact) mass is 243 g/mol. The average molecular weight is 243 g/mol. The summed E-state index contributed by atoms with van der Waals surface area (Å²) in [5, 5.41) is 16.0. The Hall–Kier alpha value is -2.24. The van der Waals surface area contributed by atoms with Crippen molar-refractivity contribution in [3.05, 3.63) is 41.2 Å². The summed E-state index contributed by atoms with van der Waals surface area (Å²) in [6.07, 6.45) is 3.10. The summed E-state index contributed by atoms with van der Waals surface area (Å²) < 4.78 is 0. The van der Waals surface area contributed by atoms with Gasteiger partial charge in [-0.1, -0.05) is 24.3 Å². The fraction of sp³-hybridized carbons (Fsp3) is 0.333. The van der Waals surface area contributed by atoms with E-state index in [1.807, 2.05) is 12.1 Å². The smallest absolute Gasteiger partial charge is 0.293 e. The SMILES string of the molecule is O=C(NC1CCCc2ccccc21)c1nn[nH]n1. The zero-order valence-electron chi connectivity index (χ0n) is 9.76. The quantitative estimate of drug-likeness (QED) is 0.824. The van der Waals surface area contributed by atoms with Crippen LogP contribution in [0.15, 0.2) is 24.3 Å². The fourth-order valence-electron chi connectivity index (χ4n) is 2.38. The zero-order valence-corrected chi connectivity index (χ0v) is 9.76. The van der Waals surface area contributed by atoms with Gasteiger partial charge in [-0.2, -0.15) is 5.21 Å². The van der Waals surface area contributed by atoms with Gasteiger partial charge in [0.25, 0.3) is 11.7 Å². The molecule has 2 aromatic rings. The van der Waals surface area contributed by atoms with Crippen LogP contribution in [-0.2, 0) is 6.42 Å². The van der Waals surface area contributed by atoms with E-state index in [1.54, 1.807) is 0 Å². The Morgan fingerprint density at radius 1 is 1.39 bits per heavy atom. The largest absolute Gasteiger partial charge is 0.342 e. The number of H-pyrrole nitrogens is 1. The maximum Gasteiger partial charge on any atom is 0.293 e. The second kappa shape index (κ2) is 4.56. The van der Waals surface area contributed by atoms with Gasteiger partial charge in [-0.15, -0.1) is 10.2 Å². The van der Waals surface area contributed by atoms with Crippen LogP contribution in [0.3, 0.4) is 0 Å². The van der Waals surface area contributed by atoms with Crippen molar-refractivity contribution in [3.63, 3.8) is 0 Å². The Morgan fingerprint density at radius 2 is 2.28 bits per heavy atom. The Bertz CT molecular complexity index is 551. The molecule has 6 heteroatoms. The van der Waals surface area contributed by atoms with Gasteiger partial charge in [-0.05, 0) is 35.6 Å². The lowest BCUT2D eigenvalue weighted by molar-refractivity contribution is 0.0922. The van der Waals surface area contributed by atoms with Crippen LogP contribution in [0.2, 0.25) is 0 Å². The van der Waals surface area contributed by atoms with Gasteiger partial charge in [0.15, 0.2) is 0 Å². The number of hydrogen-bond donors (Lipinski definition) is 2. The third-order valence-electron chi connectivity index (χ3n) is 3.22. The van der Waals surface area contributed by atoms with E-state index >= 15 is 0 Å². The summed E-state index contributed by atoms with van der Waals surface area (Å²) >= 11 is 0. The van der Waals surface area contributed by atoms with Crippen molar-refractivity contribution in [2.24, 2.45) is 0 Å². The second-order valence-corrected chi connectivity index (χ2v) is 4.35. The van der Waals surface area contributed by atoms with Gasteiger partial charge in [0.05, 0.1) is 6.04 Å². The van der Waals surface area contributed by atoms with Crippen molar-refractivity contribution in [1.82, 2.24) is 25.9 Å². The highest BCUT2D eigenvalue weighted by molar-refractivity contribution is 5.90. The van der Waals surface area contributed by atoms with Crippen LogP contribution in [0.5, 0.6) is 0 Å². The molecule has 3 rings (SSSR count). The predicted molar refractivity (Wildman–Crippen MR) is 63.8 cm³/mol. The van der Waals surface area contributed by atoms with E-state index < -0.39 is 0 Å². The first-order chi connectivity index (χ1) is 8.84. The third kappa shape index (κ3) is 1.97. The van der Waals surface area contributed by atoms with Gasteiger partial charge in [0.1, 0.15) is 0 Å². The lowest BCUT2D eigenvalue weighted by atomic mass is 9.88. The highest BCUT2D eigenvalue weighted by atomic mass is 16.2. The van der Waals surface area contributed by atoms with E-state index in [1.165, 1.54) is 11.1 Å². The van der Waals surface area contributed by atoms with Crippen LogP contribution in [0.4, 0.5) is 0 Å². The Kier molecular flexibility index (Phi) is 2.76. The first kappa shape index (κ1) is 10.9. The molecule has 6 nitrogen and oxygen atoms in total. The van der Waals surface area contributed by atoms with Crippen molar-refractivity contribution in [2.45, 2.75) is 25.3 Å². The number of benzene rings is 1. The van der Waals surface area contributed by atoms with Crippen LogP contribution in [0.1, 0.15) is 40.6 Å². The maximum atomic E-state index is 11.9. The summed E-state index contributed by atoms with van der Waals surface area (Å²) in [6.45, 7) is 0. The molecule has 1 aliphatic rings. The van der Waals surface area contributed by atoms with Gasteiger partial charge in [-0.3, -0.25) is 4.79 Å². The molecule has 1 atom stereocenters. The fourth-order valence-corrected chi connectivity index (χ4v) is 2.38. The van der Waals surface area contributed by atoms with Gasteiger partial charge >= 0.3 is 0 Å². The molecule has 1 amide bonds. The van der Waals surface area contributed by atoms with Crippen LogP contribution >= 0.6 is 0 Å². The number of hydrogen-bond acceptors (Lipinski definition) is 4. The van der Waals surface area contributed by atoms with E-state index in [0.717, 1.165) is 19.3 Å². The number of carbonyl (C=O) groups is 1. The van der Waals surface area contributed by atoms with Gasteiger partial charge in [0.2, 0.25) is 0 Å². The highest BCUT2D eigenvalue weighted by Crippen LogP contribution is 2.29. The van der Waals surface area contributed by atoms with Gasteiger partial charge in [-0.25, -0.2) is 0 Å². The number of aryl methyl sites for hydroxylation is 1. The Balaban J connectivity index is 1.80. The molecule has 18 heavy (non-hydrogen) atoms. The number of amides is 1. The summed E-state index contributed by atoms with van der Waals surface area (Å²) in [5.74, 6) is -0.205. The van der Waals surface area contributed by atoms with Crippen LogP contribution in [-0.4, -0.2) is 26.5 Å². The number of rotatable bonds is 2. The molecule has 0 saturated heterocycles. The molecule has 0 spiro atoms. The molecule has 0 bridgehead atoms. The first-order valence-corrected chi connectivity index (χ1v) is 5.97. The molecule has 1 aromatic carbocycles. The second-order valence-electron chi connectivity index (χ2n) is 4.35. The molecular formula is C12H13N5O. The lowest BCUT2D eigenvalue weighted by Gasteiger charge is -2.25. The number of aromatic nitrogens is 4. The Labute approximate surface area is 104 Å². The molecule has 1 unspecified atom stereocenters. The van der Waals surface area contributed by atoms with Crippen molar-refractivity contribution in [3.8, 4) is 0 Å². The molecule has 0 radical (unpaired) electrons. The molecule has 0 saturated carbocycles. The predicted octanol–water partition coefficient (Wildman–Crippen LogP) is 1.01. The molecule has 1 aliphatic carbocycles. The van der Waals surface area contributed by atoms with Crippen LogP contribution in [0, 0.1) is 0 Å². The summed E-state index contributed by atoms with van der Waals surface area (Å²) in [4.78, 5) is 11.9. The number of aromatic amines is 1. The molecule has 2 N–H and O–H groups in total. The lowest BCUT2D eigenvalue weighted by Crippen LogP contribution is -2.31. The Morgan fingerprint density at radius 3 is 3.11 bits per heavy atom. The van der Waals surface area contributed by atoms with E-state index in [4.69, 9.17) is 0 Å². The third-order valence-corrected chi connectivity index (χ3v) is 3.22. The van der Waals surface area contributed by atoms with E-state index in [0.29, 0.717) is 0 Å². The molecule has 0 fully saturated rings. The number of tetrazole rings is 1. The zero-order chi connectivity index (χ0) is 12.4. The number of nitrogens with zero attached hydrogens (tertiary/aromatic N) is 3. The summed E-state index contributed by atoms with van der Waals surface area (Å²) in [6, 6.07) is 8.25.